The van der Waals surface area contributed by atoms with Crippen molar-refractivity contribution in [2.45, 2.75) is 31.4 Å². The molecule has 0 bridgehead atoms. The number of rotatable bonds is 8. The van der Waals surface area contributed by atoms with Gasteiger partial charge in [0.1, 0.15) is 10.6 Å². The Morgan fingerprint density at radius 2 is 1.95 bits per heavy atom. The van der Waals surface area contributed by atoms with Crippen molar-refractivity contribution in [2.75, 3.05) is 13.1 Å². The number of halogens is 2. The lowest BCUT2D eigenvalue weighted by atomic mass is 10.3. The maximum absolute atomic E-state index is 12.3. The van der Waals surface area contributed by atoms with Crippen molar-refractivity contribution in [1.29, 1.82) is 0 Å². The monoisotopic (exact) mass is 308 g/mol. The standard InChI is InChI=1S/C12H18F2N2O3S/c1-3-15-9(2)8-16-20(17,18)11-7-5-4-6-10(11)19-12(13)14/h4-7,9,12,15-16H,3,8H2,1-2H3/t9-/m1/s1. The molecule has 0 amide bonds. The van der Waals surface area contributed by atoms with Crippen molar-refractivity contribution >= 4 is 10.0 Å². The molecule has 2 N–H and O–H groups in total. The number of sulfonamides is 1. The number of para-hydroxylation sites is 1. The second-order valence-electron chi connectivity index (χ2n) is 4.14. The van der Waals surface area contributed by atoms with Gasteiger partial charge in [0, 0.05) is 12.6 Å². The zero-order valence-electron chi connectivity index (χ0n) is 11.3. The van der Waals surface area contributed by atoms with Gasteiger partial charge in [0.05, 0.1) is 0 Å². The van der Waals surface area contributed by atoms with E-state index in [9.17, 15) is 17.2 Å². The maximum atomic E-state index is 12.3. The van der Waals surface area contributed by atoms with Crippen LogP contribution in [0.15, 0.2) is 29.2 Å². The average Bonchev–Trinajstić information content (AvgIpc) is 2.37. The minimum atomic E-state index is -3.90. The van der Waals surface area contributed by atoms with E-state index in [1.165, 1.54) is 24.3 Å². The molecule has 1 rings (SSSR count). The fourth-order valence-electron chi connectivity index (χ4n) is 1.60. The summed E-state index contributed by atoms with van der Waals surface area (Å²) in [5, 5.41) is 3.04. The number of alkyl halides is 2. The molecule has 1 aromatic carbocycles. The lowest BCUT2D eigenvalue weighted by Gasteiger charge is -2.15. The van der Waals surface area contributed by atoms with Gasteiger partial charge in [0.2, 0.25) is 10.0 Å². The van der Waals surface area contributed by atoms with Gasteiger partial charge >= 0.3 is 6.61 Å². The Kier molecular flexibility index (Phi) is 6.31. The van der Waals surface area contributed by atoms with Crippen LogP contribution in [-0.4, -0.2) is 34.2 Å². The molecule has 1 atom stereocenters. The molecule has 0 aromatic heterocycles. The minimum absolute atomic E-state index is 0.0713. The highest BCUT2D eigenvalue weighted by molar-refractivity contribution is 7.89. The quantitative estimate of drug-likeness (QED) is 0.765. The number of ether oxygens (including phenoxy) is 1. The summed E-state index contributed by atoms with van der Waals surface area (Å²) < 4.78 is 55.2. The molecule has 0 spiro atoms. The molecule has 8 heteroatoms. The van der Waals surface area contributed by atoms with E-state index in [0.29, 0.717) is 6.54 Å². The first-order valence-electron chi connectivity index (χ1n) is 6.13. The summed E-state index contributed by atoms with van der Waals surface area (Å²) in [6.07, 6.45) is 0. The van der Waals surface area contributed by atoms with Crippen molar-refractivity contribution in [3.63, 3.8) is 0 Å². The van der Waals surface area contributed by atoms with E-state index >= 15 is 0 Å². The molecule has 0 saturated heterocycles. The third kappa shape index (κ3) is 5.03. The highest BCUT2D eigenvalue weighted by Gasteiger charge is 2.21. The van der Waals surface area contributed by atoms with Gasteiger partial charge in [-0.15, -0.1) is 0 Å². The van der Waals surface area contributed by atoms with E-state index in [4.69, 9.17) is 0 Å². The largest absolute Gasteiger partial charge is 0.433 e. The van der Waals surface area contributed by atoms with E-state index in [1.807, 2.05) is 13.8 Å². The van der Waals surface area contributed by atoms with Crippen LogP contribution >= 0.6 is 0 Å². The van der Waals surface area contributed by atoms with Gasteiger partial charge < -0.3 is 10.1 Å². The molecule has 0 radical (unpaired) electrons. The number of benzene rings is 1. The third-order valence-corrected chi connectivity index (χ3v) is 3.95. The van der Waals surface area contributed by atoms with E-state index in [2.05, 4.69) is 14.8 Å². The molecule has 0 saturated carbocycles. The molecule has 114 valence electrons. The van der Waals surface area contributed by atoms with Crippen LogP contribution in [0.4, 0.5) is 8.78 Å². The number of nitrogens with one attached hydrogen (secondary N) is 2. The van der Waals surface area contributed by atoms with E-state index in [1.54, 1.807) is 0 Å². The zero-order valence-corrected chi connectivity index (χ0v) is 12.1. The van der Waals surface area contributed by atoms with Crippen LogP contribution in [0.2, 0.25) is 0 Å². The summed E-state index contributed by atoms with van der Waals surface area (Å²) in [5.41, 5.74) is 0. The Morgan fingerprint density at radius 3 is 2.55 bits per heavy atom. The van der Waals surface area contributed by atoms with Gasteiger partial charge in [-0.2, -0.15) is 8.78 Å². The van der Waals surface area contributed by atoms with Gasteiger partial charge in [0.25, 0.3) is 0 Å². The Morgan fingerprint density at radius 1 is 1.30 bits per heavy atom. The molecule has 5 nitrogen and oxygen atoms in total. The van der Waals surface area contributed by atoms with Crippen LogP contribution in [0.5, 0.6) is 5.75 Å². The summed E-state index contributed by atoms with van der Waals surface area (Å²) >= 11 is 0. The predicted molar refractivity (Wildman–Crippen MR) is 71.4 cm³/mol. The minimum Gasteiger partial charge on any atom is -0.433 e. The summed E-state index contributed by atoms with van der Waals surface area (Å²) in [4.78, 5) is -0.302. The second-order valence-corrected chi connectivity index (χ2v) is 5.87. The first-order valence-corrected chi connectivity index (χ1v) is 7.62. The van der Waals surface area contributed by atoms with Crippen LogP contribution in [0.3, 0.4) is 0 Å². The summed E-state index contributed by atoms with van der Waals surface area (Å²) in [6, 6.07) is 5.21. The van der Waals surface area contributed by atoms with E-state index in [0.717, 1.165) is 0 Å². The lowest BCUT2D eigenvalue weighted by Crippen LogP contribution is -2.38. The van der Waals surface area contributed by atoms with Crippen LogP contribution in [0.1, 0.15) is 13.8 Å². The smallest absolute Gasteiger partial charge is 0.387 e. The van der Waals surface area contributed by atoms with Gasteiger partial charge in [-0.25, -0.2) is 13.1 Å². The van der Waals surface area contributed by atoms with Crippen molar-refractivity contribution in [3.8, 4) is 5.75 Å². The second kappa shape index (κ2) is 7.51. The zero-order chi connectivity index (χ0) is 15.2. The maximum Gasteiger partial charge on any atom is 0.387 e. The molecule has 0 heterocycles. The number of hydrogen-bond donors (Lipinski definition) is 2. The topological polar surface area (TPSA) is 67.4 Å². The molecule has 0 fully saturated rings. The Hall–Kier alpha value is -1.25. The Balaban J connectivity index is 2.87. The molecule has 0 aliphatic carbocycles. The number of likely N-dealkylation sites (N-methyl/N-ethyl adjacent to an activating group) is 1. The van der Waals surface area contributed by atoms with Crippen molar-refractivity contribution < 1.29 is 21.9 Å². The molecule has 20 heavy (non-hydrogen) atoms. The number of hydrogen-bond acceptors (Lipinski definition) is 4. The fraction of sp³-hybridized carbons (Fsp3) is 0.500. The lowest BCUT2D eigenvalue weighted by molar-refractivity contribution is -0.0517. The normalized spacial score (nSPS) is 13.4. The predicted octanol–water partition coefficient (Wildman–Crippen LogP) is 1.56. The van der Waals surface area contributed by atoms with Crippen molar-refractivity contribution in [3.05, 3.63) is 24.3 Å². The highest BCUT2D eigenvalue weighted by atomic mass is 32.2. The Bertz CT molecular complexity index is 523. The molecular formula is C12H18F2N2O3S. The van der Waals surface area contributed by atoms with Crippen molar-refractivity contribution in [1.82, 2.24) is 10.0 Å². The fourth-order valence-corrected chi connectivity index (χ4v) is 2.86. The summed E-state index contributed by atoms with van der Waals surface area (Å²) in [7, 11) is -3.90. The molecule has 0 aliphatic heterocycles. The van der Waals surface area contributed by atoms with E-state index in [-0.39, 0.29) is 23.2 Å². The first kappa shape index (κ1) is 16.8. The highest BCUT2D eigenvalue weighted by Crippen LogP contribution is 2.24. The van der Waals surface area contributed by atoms with Crippen molar-refractivity contribution in [2.24, 2.45) is 0 Å². The van der Waals surface area contributed by atoms with Crippen LogP contribution < -0.4 is 14.8 Å². The Labute approximate surface area is 117 Å². The van der Waals surface area contributed by atoms with Gasteiger partial charge in [-0.1, -0.05) is 19.1 Å². The molecule has 0 unspecified atom stereocenters. The van der Waals surface area contributed by atoms with Crippen LogP contribution in [0, 0.1) is 0 Å². The third-order valence-electron chi connectivity index (χ3n) is 2.49. The van der Waals surface area contributed by atoms with Gasteiger partial charge in [-0.3, -0.25) is 0 Å². The summed E-state index contributed by atoms with van der Waals surface area (Å²) in [6.45, 7) is 1.49. The first-order chi connectivity index (χ1) is 9.36. The van der Waals surface area contributed by atoms with E-state index < -0.39 is 16.6 Å². The average molecular weight is 308 g/mol. The molecular weight excluding hydrogens is 290 g/mol. The van der Waals surface area contributed by atoms with Gasteiger partial charge in [-0.05, 0) is 25.6 Å². The molecule has 0 aliphatic rings. The molecule has 1 aromatic rings. The van der Waals surface area contributed by atoms with Crippen LogP contribution in [-0.2, 0) is 10.0 Å². The SMILES string of the molecule is CCN[C@H](C)CNS(=O)(=O)c1ccccc1OC(F)F. The van der Waals surface area contributed by atoms with Crippen LogP contribution in [0.25, 0.3) is 0 Å². The van der Waals surface area contributed by atoms with Gasteiger partial charge in [0.15, 0.2) is 0 Å². The summed E-state index contributed by atoms with van der Waals surface area (Å²) in [5.74, 6) is -0.369.